The molecule has 3 N–H and O–H groups in total. The number of benzene rings is 2. The Kier molecular flexibility index (Phi) is 7.80. The van der Waals surface area contributed by atoms with Crippen LogP contribution in [0.15, 0.2) is 71.9 Å². The van der Waals surface area contributed by atoms with Gasteiger partial charge >= 0.3 is 0 Å². The van der Waals surface area contributed by atoms with Crippen LogP contribution in [-0.4, -0.2) is 31.3 Å². The van der Waals surface area contributed by atoms with Crippen LogP contribution in [0, 0.1) is 0 Å². The first-order chi connectivity index (χ1) is 15.7. The van der Waals surface area contributed by atoms with Gasteiger partial charge in [-0.25, -0.2) is 13.1 Å². The van der Waals surface area contributed by atoms with Crippen LogP contribution in [0.2, 0.25) is 5.02 Å². The third-order valence-electron chi connectivity index (χ3n) is 4.46. The highest BCUT2D eigenvalue weighted by Gasteiger charge is 2.19. The van der Waals surface area contributed by atoms with Crippen LogP contribution in [0.3, 0.4) is 0 Å². The first-order valence-electron chi connectivity index (χ1n) is 10.1. The summed E-state index contributed by atoms with van der Waals surface area (Å²) in [5.74, 6) is -0.800. The number of carbonyl (C=O) groups excluding carboxylic acids is 2. The van der Waals surface area contributed by atoms with Crippen molar-refractivity contribution in [1.82, 2.24) is 15.0 Å². The van der Waals surface area contributed by atoms with Gasteiger partial charge in [0.05, 0.1) is 15.5 Å². The van der Waals surface area contributed by atoms with E-state index < -0.39 is 15.9 Å². The fraction of sp³-hybridized carbons (Fsp3) is 0.174. The van der Waals surface area contributed by atoms with Crippen molar-refractivity contribution in [2.24, 2.45) is 0 Å². The summed E-state index contributed by atoms with van der Waals surface area (Å²) in [6.45, 7) is 3.55. The van der Waals surface area contributed by atoms with Gasteiger partial charge in [-0.15, -0.1) is 0 Å². The molecule has 0 aliphatic carbocycles. The number of rotatable bonds is 8. The highest BCUT2D eigenvalue weighted by Crippen LogP contribution is 2.21. The molecule has 3 rings (SSSR count). The Balaban J connectivity index is 1.69. The van der Waals surface area contributed by atoms with Crippen molar-refractivity contribution in [3.8, 4) is 0 Å². The fourth-order valence-corrected chi connectivity index (χ4v) is 4.45. The zero-order chi connectivity index (χ0) is 24.0. The summed E-state index contributed by atoms with van der Waals surface area (Å²) >= 11 is 6.14. The van der Waals surface area contributed by atoms with Crippen molar-refractivity contribution < 1.29 is 18.0 Å². The van der Waals surface area contributed by atoms with Crippen molar-refractivity contribution in [1.29, 1.82) is 0 Å². The maximum absolute atomic E-state index is 12.7. The average Bonchev–Trinajstić information content (AvgIpc) is 2.77. The van der Waals surface area contributed by atoms with Gasteiger partial charge in [-0.1, -0.05) is 23.7 Å². The summed E-state index contributed by atoms with van der Waals surface area (Å²) in [5, 5.41) is 5.65. The molecule has 2 amide bonds. The smallest absolute Gasteiger partial charge is 0.255 e. The lowest BCUT2D eigenvalue weighted by Crippen LogP contribution is -2.30. The van der Waals surface area contributed by atoms with E-state index in [2.05, 4.69) is 20.3 Å². The molecular formula is C23H23ClN4O4S. The van der Waals surface area contributed by atoms with E-state index in [1.165, 1.54) is 30.6 Å². The highest BCUT2D eigenvalue weighted by atomic mass is 35.5. The zero-order valence-electron chi connectivity index (χ0n) is 18.0. The molecule has 8 nitrogen and oxygen atoms in total. The van der Waals surface area contributed by atoms with E-state index in [0.717, 1.165) is 5.56 Å². The van der Waals surface area contributed by atoms with Gasteiger partial charge in [0.25, 0.3) is 11.8 Å². The quantitative estimate of drug-likeness (QED) is 0.449. The topological polar surface area (TPSA) is 117 Å². The number of pyridine rings is 1. The molecule has 10 heteroatoms. The molecule has 1 heterocycles. The maximum Gasteiger partial charge on any atom is 0.255 e. The molecule has 0 radical (unpaired) electrons. The molecule has 1 aromatic heterocycles. The third-order valence-corrected chi connectivity index (χ3v) is 6.45. The van der Waals surface area contributed by atoms with Crippen LogP contribution in [0.25, 0.3) is 0 Å². The number of nitrogens with zero attached hydrogens (tertiary/aromatic N) is 1. The van der Waals surface area contributed by atoms with Crippen molar-refractivity contribution in [3.05, 3.63) is 88.7 Å². The van der Waals surface area contributed by atoms with E-state index in [0.29, 0.717) is 11.3 Å². The number of amides is 2. The number of anilines is 1. The summed E-state index contributed by atoms with van der Waals surface area (Å²) in [7, 11) is -3.77. The summed E-state index contributed by atoms with van der Waals surface area (Å²) in [6.07, 6.45) is 3.07. The minimum absolute atomic E-state index is 0.0467. The van der Waals surface area contributed by atoms with E-state index in [-0.39, 0.29) is 34.0 Å². The van der Waals surface area contributed by atoms with Crippen LogP contribution < -0.4 is 15.4 Å². The zero-order valence-corrected chi connectivity index (χ0v) is 19.6. The molecule has 3 aromatic rings. The van der Waals surface area contributed by atoms with Gasteiger partial charge in [0.1, 0.15) is 0 Å². The molecule has 0 saturated carbocycles. The molecule has 0 unspecified atom stereocenters. The van der Waals surface area contributed by atoms with E-state index in [4.69, 9.17) is 11.6 Å². The Morgan fingerprint density at radius 3 is 2.42 bits per heavy atom. The molecule has 0 saturated heterocycles. The van der Waals surface area contributed by atoms with Gasteiger partial charge in [-0.3, -0.25) is 14.6 Å². The fourth-order valence-electron chi connectivity index (χ4n) is 2.97. The van der Waals surface area contributed by atoms with Gasteiger partial charge in [0.2, 0.25) is 10.0 Å². The van der Waals surface area contributed by atoms with E-state index in [1.807, 2.05) is 0 Å². The number of halogens is 1. The van der Waals surface area contributed by atoms with Crippen LogP contribution in [-0.2, 0) is 16.6 Å². The number of nitrogens with one attached hydrogen (secondary N) is 3. The standard InChI is InChI=1S/C23H23ClN4O4S/c1-15(2)28-33(31,32)19-6-7-21(24)20(13-19)23(30)26-14-16-4-3-5-18(12-16)27-22(29)17-8-10-25-11-9-17/h3-13,15,28H,14H2,1-2H3,(H,26,30)(H,27,29). The second-order valence-corrected chi connectivity index (χ2v) is 9.61. The Bertz CT molecular complexity index is 1260. The molecule has 0 spiro atoms. The van der Waals surface area contributed by atoms with Crippen molar-refractivity contribution in [2.75, 3.05) is 5.32 Å². The molecule has 0 aliphatic rings. The number of sulfonamides is 1. The van der Waals surface area contributed by atoms with Gasteiger partial charge in [0.15, 0.2) is 0 Å². The third kappa shape index (κ3) is 6.61. The summed E-state index contributed by atoms with van der Waals surface area (Å²) in [6, 6.07) is 13.9. The monoisotopic (exact) mass is 486 g/mol. The Hall–Kier alpha value is -3.27. The first-order valence-corrected chi connectivity index (χ1v) is 11.9. The van der Waals surface area contributed by atoms with Crippen molar-refractivity contribution in [3.63, 3.8) is 0 Å². The molecule has 2 aromatic carbocycles. The SMILES string of the molecule is CC(C)NS(=O)(=O)c1ccc(Cl)c(C(=O)NCc2cccc(NC(=O)c3ccncc3)c2)c1. The van der Waals surface area contributed by atoms with Crippen molar-refractivity contribution >= 4 is 39.1 Å². The lowest BCUT2D eigenvalue weighted by molar-refractivity contribution is 0.0950. The molecule has 172 valence electrons. The van der Waals surface area contributed by atoms with E-state index >= 15 is 0 Å². The summed E-state index contributed by atoms with van der Waals surface area (Å²) < 4.78 is 27.3. The molecular weight excluding hydrogens is 464 g/mol. The van der Waals surface area contributed by atoms with Gasteiger partial charge in [-0.2, -0.15) is 0 Å². The number of carbonyl (C=O) groups is 2. The highest BCUT2D eigenvalue weighted by molar-refractivity contribution is 7.89. The van der Waals surface area contributed by atoms with Crippen LogP contribution in [0.5, 0.6) is 0 Å². The van der Waals surface area contributed by atoms with Crippen LogP contribution in [0.4, 0.5) is 5.69 Å². The molecule has 0 fully saturated rings. The minimum Gasteiger partial charge on any atom is -0.348 e. The number of hydrogen-bond donors (Lipinski definition) is 3. The number of aromatic nitrogens is 1. The maximum atomic E-state index is 12.7. The summed E-state index contributed by atoms with van der Waals surface area (Å²) in [5.41, 5.74) is 1.82. The summed E-state index contributed by atoms with van der Waals surface area (Å²) in [4.78, 5) is 28.9. The van der Waals surface area contributed by atoms with Gasteiger partial charge in [0, 0.05) is 36.2 Å². The predicted molar refractivity (Wildman–Crippen MR) is 127 cm³/mol. The second kappa shape index (κ2) is 10.6. The van der Waals surface area contributed by atoms with E-state index in [9.17, 15) is 18.0 Å². The first kappa shape index (κ1) is 24.4. The largest absolute Gasteiger partial charge is 0.348 e. The molecule has 0 bridgehead atoms. The Morgan fingerprint density at radius 2 is 1.73 bits per heavy atom. The average molecular weight is 487 g/mol. The Morgan fingerprint density at radius 1 is 1.00 bits per heavy atom. The van der Waals surface area contributed by atoms with Crippen LogP contribution >= 0.6 is 11.6 Å². The molecule has 0 atom stereocenters. The molecule has 0 aliphatic heterocycles. The second-order valence-electron chi connectivity index (χ2n) is 7.49. The van der Waals surface area contributed by atoms with Gasteiger partial charge < -0.3 is 10.6 Å². The lowest BCUT2D eigenvalue weighted by atomic mass is 10.1. The number of hydrogen-bond acceptors (Lipinski definition) is 5. The minimum atomic E-state index is -3.77. The Labute approximate surface area is 197 Å². The molecule has 33 heavy (non-hydrogen) atoms. The normalized spacial score (nSPS) is 11.3. The van der Waals surface area contributed by atoms with Gasteiger partial charge in [-0.05, 0) is 61.9 Å². The predicted octanol–water partition coefficient (Wildman–Crippen LogP) is 3.60. The lowest BCUT2D eigenvalue weighted by Gasteiger charge is -2.12. The van der Waals surface area contributed by atoms with Crippen LogP contribution in [0.1, 0.15) is 40.1 Å². The van der Waals surface area contributed by atoms with Crippen molar-refractivity contribution in [2.45, 2.75) is 31.3 Å². The van der Waals surface area contributed by atoms with E-state index in [1.54, 1.807) is 50.2 Å².